The first-order chi connectivity index (χ1) is 7.42. The van der Waals surface area contributed by atoms with Crippen molar-refractivity contribution in [3.63, 3.8) is 0 Å². The van der Waals surface area contributed by atoms with Gasteiger partial charge in [-0.25, -0.2) is 12.8 Å². The average molecular weight is 246 g/mol. The molecule has 1 rings (SSSR count). The summed E-state index contributed by atoms with van der Waals surface area (Å²) in [6.45, 7) is -0.138. The number of aliphatic hydroxyl groups is 1. The van der Waals surface area contributed by atoms with Gasteiger partial charge >= 0.3 is 0 Å². The summed E-state index contributed by atoms with van der Waals surface area (Å²) in [6, 6.07) is 5.74. The van der Waals surface area contributed by atoms with E-state index in [1.54, 1.807) is 12.1 Å². The maximum Gasteiger partial charge on any atom is 0.147 e. The van der Waals surface area contributed by atoms with Crippen LogP contribution in [0.4, 0.5) is 4.39 Å². The van der Waals surface area contributed by atoms with Crippen LogP contribution in [0.3, 0.4) is 0 Å². The van der Waals surface area contributed by atoms with E-state index in [4.69, 9.17) is 5.11 Å². The van der Waals surface area contributed by atoms with Crippen molar-refractivity contribution in [2.45, 2.75) is 12.3 Å². The second-order valence-corrected chi connectivity index (χ2v) is 6.11. The highest BCUT2D eigenvalue weighted by Gasteiger charge is 2.13. The molecule has 1 atom stereocenters. The van der Waals surface area contributed by atoms with Crippen LogP contribution in [0.1, 0.15) is 17.9 Å². The summed E-state index contributed by atoms with van der Waals surface area (Å²) in [7, 11) is -3.03. The number of benzene rings is 1. The fourth-order valence-corrected chi connectivity index (χ4v) is 2.17. The highest BCUT2D eigenvalue weighted by Crippen LogP contribution is 2.20. The smallest absolute Gasteiger partial charge is 0.147 e. The first-order valence-electron chi connectivity index (χ1n) is 4.96. The molecule has 3 nitrogen and oxygen atoms in total. The fourth-order valence-electron chi connectivity index (χ4n) is 1.45. The molecule has 5 heteroatoms. The van der Waals surface area contributed by atoms with Crippen molar-refractivity contribution in [2.24, 2.45) is 0 Å². The molecule has 0 radical (unpaired) electrons. The minimum absolute atomic E-state index is 0.0234. The van der Waals surface area contributed by atoms with Gasteiger partial charge in [0.1, 0.15) is 15.7 Å². The van der Waals surface area contributed by atoms with E-state index < -0.39 is 9.84 Å². The quantitative estimate of drug-likeness (QED) is 0.853. The monoisotopic (exact) mass is 246 g/mol. The number of hydrogen-bond acceptors (Lipinski definition) is 3. The molecule has 16 heavy (non-hydrogen) atoms. The Kier molecular flexibility index (Phi) is 4.44. The lowest BCUT2D eigenvalue weighted by molar-refractivity contribution is 0.262. The molecule has 0 spiro atoms. The number of sulfone groups is 1. The summed E-state index contributed by atoms with van der Waals surface area (Å²) >= 11 is 0. The SMILES string of the molecule is CS(=O)(=O)CCC(CO)c1ccc(F)cc1. The summed E-state index contributed by atoms with van der Waals surface area (Å²) in [6.07, 6.45) is 1.51. The standard InChI is InChI=1S/C11H15FO3S/c1-16(14,15)7-6-10(8-13)9-2-4-11(12)5-3-9/h2-5,10,13H,6-8H2,1H3. The Balaban J connectivity index is 2.71. The van der Waals surface area contributed by atoms with Crippen LogP contribution in [0.25, 0.3) is 0 Å². The Labute approximate surface area is 94.8 Å². The third-order valence-corrected chi connectivity index (χ3v) is 3.38. The molecule has 0 saturated heterocycles. The van der Waals surface area contributed by atoms with Crippen molar-refractivity contribution >= 4 is 9.84 Å². The van der Waals surface area contributed by atoms with Crippen molar-refractivity contribution in [1.82, 2.24) is 0 Å². The molecule has 0 bridgehead atoms. The lowest BCUT2D eigenvalue weighted by Gasteiger charge is -2.13. The van der Waals surface area contributed by atoms with Gasteiger partial charge in [0.15, 0.2) is 0 Å². The van der Waals surface area contributed by atoms with Gasteiger partial charge in [-0.2, -0.15) is 0 Å². The second-order valence-electron chi connectivity index (χ2n) is 3.85. The molecule has 90 valence electrons. The maximum absolute atomic E-state index is 12.7. The zero-order valence-corrected chi connectivity index (χ0v) is 9.87. The molecule has 0 aliphatic carbocycles. The summed E-state index contributed by atoms with van der Waals surface area (Å²) in [5, 5.41) is 9.16. The van der Waals surface area contributed by atoms with Crippen LogP contribution in [0.2, 0.25) is 0 Å². The van der Waals surface area contributed by atoms with E-state index >= 15 is 0 Å². The molecule has 0 aliphatic heterocycles. The molecule has 0 aromatic heterocycles. The predicted molar refractivity (Wildman–Crippen MR) is 60.6 cm³/mol. The van der Waals surface area contributed by atoms with Crippen molar-refractivity contribution in [2.75, 3.05) is 18.6 Å². The van der Waals surface area contributed by atoms with Gasteiger partial charge in [0, 0.05) is 18.8 Å². The zero-order chi connectivity index (χ0) is 12.2. The largest absolute Gasteiger partial charge is 0.396 e. The third-order valence-electron chi connectivity index (χ3n) is 2.40. The molecular formula is C11H15FO3S. The zero-order valence-electron chi connectivity index (χ0n) is 9.06. The second kappa shape index (κ2) is 5.41. The molecule has 1 aromatic rings. The Morgan fingerprint density at radius 2 is 1.88 bits per heavy atom. The van der Waals surface area contributed by atoms with Crippen LogP contribution in [-0.2, 0) is 9.84 Å². The first-order valence-corrected chi connectivity index (χ1v) is 7.02. The molecule has 0 aliphatic rings. The van der Waals surface area contributed by atoms with Gasteiger partial charge in [-0.1, -0.05) is 12.1 Å². The molecule has 0 saturated carbocycles. The van der Waals surface area contributed by atoms with Crippen molar-refractivity contribution in [1.29, 1.82) is 0 Å². The Bertz CT molecular complexity index is 425. The van der Waals surface area contributed by atoms with Crippen LogP contribution in [-0.4, -0.2) is 32.1 Å². The van der Waals surface area contributed by atoms with Gasteiger partial charge in [0.25, 0.3) is 0 Å². The Hall–Kier alpha value is -0.940. The molecular weight excluding hydrogens is 231 g/mol. The minimum atomic E-state index is -3.03. The summed E-state index contributed by atoms with van der Waals surface area (Å²) < 4.78 is 34.7. The summed E-state index contributed by atoms with van der Waals surface area (Å²) in [5.41, 5.74) is 0.757. The van der Waals surface area contributed by atoms with Gasteiger partial charge in [-0.15, -0.1) is 0 Å². The van der Waals surface area contributed by atoms with Crippen LogP contribution >= 0.6 is 0 Å². The average Bonchev–Trinajstić information content (AvgIpc) is 2.20. The van der Waals surface area contributed by atoms with E-state index in [1.165, 1.54) is 12.1 Å². The van der Waals surface area contributed by atoms with Crippen LogP contribution < -0.4 is 0 Å². The van der Waals surface area contributed by atoms with Gasteiger partial charge in [-0.3, -0.25) is 0 Å². The van der Waals surface area contributed by atoms with Gasteiger partial charge in [-0.05, 0) is 24.1 Å². The molecule has 0 fully saturated rings. The Morgan fingerprint density at radius 1 is 1.31 bits per heavy atom. The van der Waals surface area contributed by atoms with Crippen LogP contribution in [0.5, 0.6) is 0 Å². The molecule has 0 amide bonds. The highest BCUT2D eigenvalue weighted by molar-refractivity contribution is 7.90. The third kappa shape index (κ3) is 4.28. The Morgan fingerprint density at radius 3 is 2.31 bits per heavy atom. The van der Waals surface area contributed by atoms with E-state index in [1.807, 2.05) is 0 Å². The molecule has 1 aromatic carbocycles. The summed E-state index contributed by atoms with van der Waals surface area (Å²) in [5.74, 6) is -0.575. The minimum Gasteiger partial charge on any atom is -0.396 e. The fraction of sp³-hybridized carbons (Fsp3) is 0.455. The van der Waals surface area contributed by atoms with E-state index in [9.17, 15) is 12.8 Å². The van der Waals surface area contributed by atoms with Gasteiger partial charge in [0.2, 0.25) is 0 Å². The number of halogens is 1. The van der Waals surface area contributed by atoms with Crippen molar-refractivity contribution < 1.29 is 17.9 Å². The normalized spacial score (nSPS) is 13.7. The van der Waals surface area contributed by atoms with E-state index in [0.717, 1.165) is 11.8 Å². The number of hydrogen-bond donors (Lipinski definition) is 1. The summed E-state index contributed by atoms with van der Waals surface area (Å²) in [4.78, 5) is 0. The van der Waals surface area contributed by atoms with Gasteiger partial charge in [0.05, 0.1) is 5.75 Å². The molecule has 0 heterocycles. The van der Waals surface area contributed by atoms with Crippen molar-refractivity contribution in [3.05, 3.63) is 35.6 Å². The predicted octanol–water partition coefficient (Wildman–Crippen LogP) is 1.34. The first kappa shape index (κ1) is 13.1. The number of aliphatic hydroxyl groups excluding tert-OH is 1. The van der Waals surface area contributed by atoms with Crippen LogP contribution in [0, 0.1) is 5.82 Å². The molecule has 1 N–H and O–H groups in total. The highest BCUT2D eigenvalue weighted by atomic mass is 32.2. The number of rotatable bonds is 5. The van der Waals surface area contributed by atoms with E-state index in [2.05, 4.69) is 0 Å². The van der Waals surface area contributed by atoms with Gasteiger partial charge < -0.3 is 5.11 Å². The lowest BCUT2D eigenvalue weighted by atomic mass is 9.97. The lowest BCUT2D eigenvalue weighted by Crippen LogP contribution is -2.11. The topological polar surface area (TPSA) is 54.4 Å². The van der Waals surface area contributed by atoms with Crippen LogP contribution in [0.15, 0.2) is 24.3 Å². The van der Waals surface area contributed by atoms with E-state index in [-0.39, 0.29) is 24.1 Å². The van der Waals surface area contributed by atoms with Crippen molar-refractivity contribution in [3.8, 4) is 0 Å². The molecule has 1 unspecified atom stereocenters. The van der Waals surface area contributed by atoms with E-state index in [0.29, 0.717) is 6.42 Å². The maximum atomic E-state index is 12.7.